The van der Waals surface area contributed by atoms with Crippen LogP contribution in [-0.4, -0.2) is 24.9 Å². The average molecular weight is 390 g/mol. The normalized spacial score (nSPS) is 15.5. The summed E-state index contributed by atoms with van der Waals surface area (Å²) in [5.74, 6) is 3.34. The van der Waals surface area contributed by atoms with Gasteiger partial charge >= 0.3 is 0 Å². The molecule has 1 saturated carbocycles. The van der Waals surface area contributed by atoms with Gasteiger partial charge in [-0.3, -0.25) is 0 Å². The Hall–Kier alpha value is -1.86. The molecule has 4 rings (SSSR count). The highest BCUT2D eigenvalue weighted by Crippen LogP contribution is 2.33. The second kappa shape index (κ2) is 7.80. The van der Waals surface area contributed by atoms with E-state index in [0.29, 0.717) is 28.4 Å². The second-order valence-corrected chi connectivity index (χ2v) is 7.92. The Labute approximate surface area is 161 Å². The first-order valence-electron chi connectivity index (χ1n) is 8.81. The molecule has 1 fully saturated rings. The van der Waals surface area contributed by atoms with Gasteiger partial charge in [0.15, 0.2) is 5.16 Å². The Morgan fingerprint density at radius 2 is 1.92 bits per heavy atom. The number of hydrogen-bond donors (Lipinski definition) is 0. The number of nitrogens with zero attached hydrogens (tertiary/aromatic N) is 5. The van der Waals surface area contributed by atoms with Crippen LogP contribution in [0.15, 0.2) is 33.9 Å². The SMILES string of the molecule is Cn1c(SCc2nc(-c3ccc(Cl)cc3)no2)nnc1C1CCCCC1. The second-order valence-electron chi connectivity index (χ2n) is 6.54. The average Bonchev–Trinajstić information content (AvgIpc) is 3.28. The summed E-state index contributed by atoms with van der Waals surface area (Å²) in [4.78, 5) is 4.45. The van der Waals surface area contributed by atoms with Crippen molar-refractivity contribution in [3.8, 4) is 11.4 Å². The molecule has 26 heavy (non-hydrogen) atoms. The number of benzene rings is 1. The summed E-state index contributed by atoms with van der Waals surface area (Å²) in [7, 11) is 2.04. The standard InChI is InChI=1S/C18H20ClN5OS/c1-24-17(13-5-3-2-4-6-13)21-22-18(24)26-11-15-20-16(23-25-15)12-7-9-14(19)10-8-12/h7-10,13H,2-6,11H2,1H3. The molecule has 0 bridgehead atoms. The molecule has 8 heteroatoms. The minimum absolute atomic E-state index is 0.538. The smallest absolute Gasteiger partial charge is 0.237 e. The largest absolute Gasteiger partial charge is 0.338 e. The lowest BCUT2D eigenvalue weighted by molar-refractivity contribution is 0.391. The molecule has 0 spiro atoms. The van der Waals surface area contributed by atoms with E-state index >= 15 is 0 Å². The predicted molar refractivity (Wildman–Crippen MR) is 101 cm³/mol. The van der Waals surface area contributed by atoms with Crippen LogP contribution in [0.2, 0.25) is 5.02 Å². The van der Waals surface area contributed by atoms with Crippen molar-refractivity contribution in [3.63, 3.8) is 0 Å². The van der Waals surface area contributed by atoms with Crippen LogP contribution >= 0.6 is 23.4 Å². The fourth-order valence-electron chi connectivity index (χ4n) is 3.32. The molecular weight excluding hydrogens is 370 g/mol. The highest BCUT2D eigenvalue weighted by atomic mass is 35.5. The highest BCUT2D eigenvalue weighted by Gasteiger charge is 2.22. The summed E-state index contributed by atoms with van der Waals surface area (Å²) < 4.78 is 7.47. The zero-order valence-corrected chi connectivity index (χ0v) is 16.1. The van der Waals surface area contributed by atoms with Gasteiger partial charge in [0.1, 0.15) is 5.82 Å². The van der Waals surface area contributed by atoms with E-state index in [2.05, 4.69) is 24.9 Å². The zero-order valence-electron chi connectivity index (χ0n) is 14.6. The third-order valence-corrected chi connectivity index (χ3v) is 5.99. The molecule has 6 nitrogen and oxygen atoms in total. The lowest BCUT2D eigenvalue weighted by Gasteiger charge is -2.20. The third kappa shape index (κ3) is 3.78. The maximum absolute atomic E-state index is 5.91. The number of rotatable bonds is 5. The fourth-order valence-corrected chi connectivity index (χ4v) is 4.21. The summed E-state index contributed by atoms with van der Waals surface area (Å²) in [6.45, 7) is 0. The summed E-state index contributed by atoms with van der Waals surface area (Å²) in [5.41, 5.74) is 0.882. The molecule has 2 aromatic heterocycles. The van der Waals surface area contributed by atoms with Crippen LogP contribution in [0.5, 0.6) is 0 Å². The molecule has 0 radical (unpaired) electrons. The Kier molecular flexibility index (Phi) is 5.26. The fraction of sp³-hybridized carbons (Fsp3) is 0.444. The molecule has 0 aliphatic heterocycles. The van der Waals surface area contributed by atoms with Gasteiger partial charge in [-0.15, -0.1) is 10.2 Å². The van der Waals surface area contributed by atoms with E-state index in [-0.39, 0.29) is 0 Å². The van der Waals surface area contributed by atoms with Crippen molar-refractivity contribution in [1.82, 2.24) is 24.9 Å². The minimum atomic E-state index is 0.538. The van der Waals surface area contributed by atoms with E-state index in [4.69, 9.17) is 16.1 Å². The summed E-state index contributed by atoms with van der Waals surface area (Å²) in [5, 5.41) is 14.4. The number of hydrogen-bond acceptors (Lipinski definition) is 6. The van der Waals surface area contributed by atoms with Crippen LogP contribution in [0.25, 0.3) is 11.4 Å². The molecule has 0 saturated heterocycles. The molecule has 2 heterocycles. The van der Waals surface area contributed by atoms with Crippen molar-refractivity contribution in [1.29, 1.82) is 0 Å². The third-order valence-electron chi connectivity index (χ3n) is 4.73. The van der Waals surface area contributed by atoms with Gasteiger partial charge in [0.05, 0.1) is 5.75 Å². The molecule has 0 unspecified atom stereocenters. The van der Waals surface area contributed by atoms with Gasteiger partial charge in [0.25, 0.3) is 0 Å². The number of halogens is 1. The van der Waals surface area contributed by atoms with Crippen molar-refractivity contribution in [3.05, 3.63) is 41.0 Å². The lowest BCUT2D eigenvalue weighted by Crippen LogP contribution is -2.10. The van der Waals surface area contributed by atoms with Crippen LogP contribution in [-0.2, 0) is 12.8 Å². The summed E-state index contributed by atoms with van der Waals surface area (Å²) >= 11 is 7.48. The number of aromatic nitrogens is 5. The molecular formula is C18H20ClN5OS. The first kappa shape index (κ1) is 17.5. The van der Waals surface area contributed by atoms with Gasteiger partial charge in [-0.1, -0.05) is 47.8 Å². The molecule has 1 aliphatic rings. The molecule has 3 aromatic rings. The van der Waals surface area contributed by atoms with Crippen molar-refractivity contribution >= 4 is 23.4 Å². The van der Waals surface area contributed by atoms with E-state index in [1.165, 1.54) is 32.1 Å². The van der Waals surface area contributed by atoms with Crippen LogP contribution < -0.4 is 0 Å². The maximum atomic E-state index is 5.91. The molecule has 1 aromatic carbocycles. The van der Waals surface area contributed by atoms with Crippen LogP contribution in [0, 0.1) is 0 Å². The van der Waals surface area contributed by atoms with Gasteiger partial charge in [-0.25, -0.2) is 0 Å². The van der Waals surface area contributed by atoms with E-state index < -0.39 is 0 Å². The van der Waals surface area contributed by atoms with E-state index in [9.17, 15) is 0 Å². The molecule has 1 aliphatic carbocycles. The van der Waals surface area contributed by atoms with Crippen LogP contribution in [0.3, 0.4) is 0 Å². The van der Waals surface area contributed by atoms with Crippen LogP contribution in [0.1, 0.15) is 49.7 Å². The van der Waals surface area contributed by atoms with Crippen molar-refractivity contribution in [2.45, 2.75) is 48.9 Å². The predicted octanol–water partition coefficient (Wildman–Crippen LogP) is 4.86. The van der Waals surface area contributed by atoms with E-state index in [1.54, 1.807) is 11.8 Å². The summed E-state index contributed by atoms with van der Waals surface area (Å²) in [6, 6.07) is 7.38. The van der Waals surface area contributed by atoms with E-state index in [0.717, 1.165) is 16.5 Å². The highest BCUT2D eigenvalue weighted by molar-refractivity contribution is 7.98. The molecule has 136 valence electrons. The van der Waals surface area contributed by atoms with Gasteiger partial charge in [-0.2, -0.15) is 4.98 Å². The van der Waals surface area contributed by atoms with E-state index in [1.807, 2.05) is 31.3 Å². The van der Waals surface area contributed by atoms with Gasteiger partial charge in [0, 0.05) is 23.6 Å². The molecule has 0 amide bonds. The van der Waals surface area contributed by atoms with Crippen molar-refractivity contribution in [2.24, 2.45) is 7.05 Å². The lowest BCUT2D eigenvalue weighted by atomic mass is 9.89. The first-order valence-corrected chi connectivity index (χ1v) is 10.2. The van der Waals surface area contributed by atoms with Crippen molar-refractivity contribution < 1.29 is 4.52 Å². The van der Waals surface area contributed by atoms with Gasteiger partial charge < -0.3 is 9.09 Å². The molecule has 0 atom stereocenters. The maximum Gasteiger partial charge on any atom is 0.237 e. The van der Waals surface area contributed by atoms with Gasteiger partial charge in [0.2, 0.25) is 11.7 Å². The minimum Gasteiger partial charge on any atom is -0.338 e. The first-order chi connectivity index (χ1) is 12.7. The van der Waals surface area contributed by atoms with Crippen LogP contribution in [0.4, 0.5) is 0 Å². The Bertz CT molecular complexity index is 870. The Morgan fingerprint density at radius 3 is 2.69 bits per heavy atom. The summed E-state index contributed by atoms with van der Waals surface area (Å²) in [6.07, 6.45) is 6.34. The van der Waals surface area contributed by atoms with Gasteiger partial charge in [-0.05, 0) is 37.1 Å². The Morgan fingerprint density at radius 1 is 1.15 bits per heavy atom. The quantitative estimate of drug-likeness (QED) is 0.580. The zero-order chi connectivity index (χ0) is 17.9. The monoisotopic (exact) mass is 389 g/mol. The molecule has 0 N–H and O–H groups in total. The topological polar surface area (TPSA) is 69.6 Å². The number of thioether (sulfide) groups is 1. The van der Waals surface area contributed by atoms with Crippen molar-refractivity contribution in [2.75, 3.05) is 0 Å². The Balaban J connectivity index is 1.41.